The van der Waals surface area contributed by atoms with E-state index in [-0.39, 0.29) is 29.6 Å². The lowest BCUT2D eigenvalue weighted by Gasteiger charge is -2.45. The summed E-state index contributed by atoms with van der Waals surface area (Å²) < 4.78 is 13.6. The van der Waals surface area contributed by atoms with Gasteiger partial charge in [-0.15, -0.1) is 0 Å². The summed E-state index contributed by atoms with van der Waals surface area (Å²) in [6, 6.07) is 5.82. The first-order chi connectivity index (χ1) is 16.1. The predicted octanol–water partition coefficient (Wildman–Crippen LogP) is 3.15. The van der Waals surface area contributed by atoms with Gasteiger partial charge in [-0.25, -0.2) is 4.98 Å². The van der Waals surface area contributed by atoms with Crippen LogP contribution in [0.25, 0.3) is 11.3 Å². The first kappa shape index (κ1) is 24.0. The molecule has 34 heavy (non-hydrogen) atoms. The Labute approximate surface area is 198 Å². The van der Waals surface area contributed by atoms with E-state index in [0.717, 1.165) is 34.7 Å². The molecule has 0 bridgehead atoms. The number of rotatable bonds is 7. The SMILES string of the molecule is COc1ccc2c(c1)CCc1ncn(C3OC(CC(C)=O)C(C(C)=O)C(C(C)=O)C3C(C)=O)c1-2. The van der Waals surface area contributed by atoms with Crippen LogP contribution in [0.5, 0.6) is 5.75 Å². The Morgan fingerprint density at radius 3 is 2.26 bits per heavy atom. The first-order valence-corrected chi connectivity index (χ1v) is 11.5. The number of benzene rings is 1. The van der Waals surface area contributed by atoms with Gasteiger partial charge in [0.05, 0.1) is 42.8 Å². The van der Waals surface area contributed by atoms with Crippen LogP contribution < -0.4 is 4.74 Å². The zero-order chi connectivity index (χ0) is 24.7. The van der Waals surface area contributed by atoms with Gasteiger partial charge in [0.25, 0.3) is 0 Å². The van der Waals surface area contributed by atoms with Crippen molar-refractivity contribution in [2.75, 3.05) is 7.11 Å². The maximum Gasteiger partial charge on any atom is 0.146 e. The van der Waals surface area contributed by atoms with E-state index in [1.54, 1.807) is 13.4 Å². The summed E-state index contributed by atoms with van der Waals surface area (Å²) in [5.41, 5.74) is 3.75. The Morgan fingerprint density at radius 2 is 1.68 bits per heavy atom. The quantitative estimate of drug-likeness (QED) is 0.617. The highest BCUT2D eigenvalue weighted by Crippen LogP contribution is 2.46. The summed E-state index contributed by atoms with van der Waals surface area (Å²) in [5.74, 6) is -2.78. The molecule has 1 aliphatic heterocycles. The number of imidazole rings is 1. The molecule has 1 aliphatic carbocycles. The second-order valence-electron chi connectivity index (χ2n) is 9.35. The summed E-state index contributed by atoms with van der Waals surface area (Å²) in [5, 5.41) is 0. The molecule has 5 unspecified atom stereocenters. The van der Waals surface area contributed by atoms with Gasteiger partial charge in [-0.05, 0) is 64.3 Å². The highest BCUT2D eigenvalue weighted by molar-refractivity contribution is 5.93. The van der Waals surface area contributed by atoms with Crippen LogP contribution in [0.4, 0.5) is 0 Å². The molecule has 0 N–H and O–H groups in total. The molecule has 2 aromatic rings. The van der Waals surface area contributed by atoms with E-state index in [1.807, 2.05) is 22.8 Å². The van der Waals surface area contributed by atoms with Gasteiger partial charge in [0.15, 0.2) is 0 Å². The lowest BCUT2D eigenvalue weighted by atomic mass is 9.69. The zero-order valence-electron chi connectivity index (χ0n) is 20.2. The van der Waals surface area contributed by atoms with E-state index < -0.39 is 30.1 Å². The standard InChI is InChI=1S/C26H30N2O6/c1-13(29)10-21-22(14(2)30)23(15(3)31)24(16(4)32)26(34-21)28-12-27-20-9-6-17-11-18(33-5)7-8-19(17)25(20)28/h7-8,11-12,21-24,26H,6,9-10H2,1-5H3. The molecule has 5 atom stereocenters. The molecule has 1 saturated heterocycles. The predicted molar refractivity (Wildman–Crippen MR) is 123 cm³/mol. The number of carbonyl (C=O) groups is 4. The van der Waals surface area contributed by atoms with Crippen LogP contribution >= 0.6 is 0 Å². The Hall–Kier alpha value is -3.13. The molecule has 0 radical (unpaired) electrons. The van der Waals surface area contributed by atoms with Crippen molar-refractivity contribution < 1.29 is 28.7 Å². The van der Waals surface area contributed by atoms with E-state index >= 15 is 0 Å². The van der Waals surface area contributed by atoms with E-state index in [0.29, 0.717) is 6.42 Å². The fraction of sp³-hybridized carbons (Fsp3) is 0.500. The molecule has 4 rings (SSSR count). The second kappa shape index (κ2) is 9.25. The van der Waals surface area contributed by atoms with Gasteiger partial charge in [-0.2, -0.15) is 0 Å². The van der Waals surface area contributed by atoms with Gasteiger partial charge in [0, 0.05) is 17.9 Å². The number of methoxy groups -OCH3 is 1. The van der Waals surface area contributed by atoms with Crippen molar-refractivity contribution in [3.8, 4) is 17.0 Å². The molecule has 2 aliphatic rings. The minimum atomic E-state index is -0.880. The lowest BCUT2D eigenvalue weighted by Crippen LogP contribution is -2.53. The fourth-order valence-corrected chi connectivity index (χ4v) is 5.61. The number of aryl methyl sites for hydroxylation is 2. The maximum absolute atomic E-state index is 13.0. The van der Waals surface area contributed by atoms with Crippen LogP contribution in [-0.2, 0) is 36.8 Å². The van der Waals surface area contributed by atoms with E-state index in [4.69, 9.17) is 9.47 Å². The molecule has 8 nitrogen and oxygen atoms in total. The third kappa shape index (κ3) is 4.11. The van der Waals surface area contributed by atoms with Crippen molar-refractivity contribution in [3.63, 3.8) is 0 Å². The third-order valence-corrected chi connectivity index (χ3v) is 7.04. The zero-order valence-corrected chi connectivity index (χ0v) is 20.2. The highest BCUT2D eigenvalue weighted by Gasteiger charge is 2.52. The van der Waals surface area contributed by atoms with Crippen molar-refractivity contribution in [2.45, 2.75) is 59.3 Å². The minimum Gasteiger partial charge on any atom is -0.497 e. The summed E-state index contributed by atoms with van der Waals surface area (Å²) in [4.78, 5) is 55.1. The number of ketones is 4. The van der Waals surface area contributed by atoms with E-state index in [2.05, 4.69) is 4.98 Å². The van der Waals surface area contributed by atoms with Crippen LogP contribution in [0, 0.1) is 17.8 Å². The van der Waals surface area contributed by atoms with Crippen molar-refractivity contribution in [2.24, 2.45) is 17.8 Å². The van der Waals surface area contributed by atoms with Gasteiger partial charge < -0.3 is 14.0 Å². The van der Waals surface area contributed by atoms with Gasteiger partial charge in [-0.3, -0.25) is 19.2 Å². The number of carbonyl (C=O) groups excluding carboxylic acids is 4. The van der Waals surface area contributed by atoms with Crippen LogP contribution in [0.3, 0.4) is 0 Å². The van der Waals surface area contributed by atoms with Crippen molar-refractivity contribution in [1.29, 1.82) is 0 Å². The monoisotopic (exact) mass is 466 g/mol. The fourth-order valence-electron chi connectivity index (χ4n) is 5.61. The normalized spacial score (nSPS) is 25.7. The second-order valence-corrected chi connectivity index (χ2v) is 9.35. The molecule has 8 heteroatoms. The van der Waals surface area contributed by atoms with Gasteiger partial charge in [0.2, 0.25) is 0 Å². The van der Waals surface area contributed by atoms with Crippen LogP contribution in [0.1, 0.15) is 51.6 Å². The average Bonchev–Trinajstić information content (AvgIpc) is 3.21. The Balaban J connectivity index is 1.87. The largest absolute Gasteiger partial charge is 0.497 e. The molecular formula is C26H30N2O6. The maximum atomic E-state index is 13.0. The number of fused-ring (bicyclic) bond motifs is 3. The molecule has 1 aromatic carbocycles. The molecule has 1 aromatic heterocycles. The van der Waals surface area contributed by atoms with E-state index in [1.165, 1.54) is 27.7 Å². The first-order valence-electron chi connectivity index (χ1n) is 11.5. The summed E-state index contributed by atoms with van der Waals surface area (Å²) in [6.45, 7) is 5.63. The van der Waals surface area contributed by atoms with Crippen LogP contribution in [0.2, 0.25) is 0 Å². The lowest BCUT2D eigenvalue weighted by molar-refractivity contribution is -0.189. The smallest absolute Gasteiger partial charge is 0.146 e. The summed E-state index contributed by atoms with van der Waals surface area (Å²) in [7, 11) is 1.62. The number of nitrogens with zero attached hydrogens (tertiary/aromatic N) is 2. The molecule has 1 fully saturated rings. The van der Waals surface area contributed by atoms with Crippen molar-refractivity contribution in [3.05, 3.63) is 35.8 Å². The minimum absolute atomic E-state index is 0.0141. The van der Waals surface area contributed by atoms with Crippen LogP contribution in [0.15, 0.2) is 24.5 Å². The molecular weight excluding hydrogens is 436 g/mol. The molecule has 0 saturated carbocycles. The number of hydrogen-bond donors (Lipinski definition) is 0. The summed E-state index contributed by atoms with van der Waals surface area (Å²) in [6.07, 6.45) is 1.47. The molecule has 0 spiro atoms. The van der Waals surface area contributed by atoms with Gasteiger partial charge >= 0.3 is 0 Å². The topological polar surface area (TPSA) is 105 Å². The van der Waals surface area contributed by atoms with Crippen molar-refractivity contribution in [1.82, 2.24) is 9.55 Å². The Kier molecular flexibility index (Phi) is 6.53. The number of Topliss-reactive ketones (excluding diaryl/α,β-unsaturated/α-hetero) is 4. The Morgan fingerprint density at radius 1 is 1.00 bits per heavy atom. The number of ether oxygens (including phenoxy) is 2. The molecule has 0 amide bonds. The number of aromatic nitrogens is 2. The van der Waals surface area contributed by atoms with Gasteiger partial charge in [-0.1, -0.05) is 0 Å². The molecule has 180 valence electrons. The Bertz CT molecular complexity index is 1170. The highest BCUT2D eigenvalue weighted by atomic mass is 16.5. The average molecular weight is 467 g/mol. The summed E-state index contributed by atoms with van der Waals surface area (Å²) >= 11 is 0. The number of hydrogen-bond acceptors (Lipinski definition) is 7. The third-order valence-electron chi connectivity index (χ3n) is 7.04. The van der Waals surface area contributed by atoms with Gasteiger partial charge in [0.1, 0.15) is 35.1 Å². The van der Waals surface area contributed by atoms with Crippen molar-refractivity contribution >= 4 is 23.1 Å². The van der Waals surface area contributed by atoms with E-state index in [9.17, 15) is 19.2 Å². The molecule has 2 heterocycles. The van der Waals surface area contributed by atoms with Crippen LogP contribution in [-0.4, -0.2) is 45.9 Å².